The zero-order chi connectivity index (χ0) is 26.2. The summed E-state index contributed by atoms with van der Waals surface area (Å²) in [5.41, 5.74) is 11.7. The fourth-order valence-corrected chi connectivity index (χ4v) is 6.17. The van der Waals surface area contributed by atoms with Crippen LogP contribution in [0.1, 0.15) is 82.4 Å². The smallest absolute Gasteiger partial charge is 0.328 e. The zero-order valence-electron chi connectivity index (χ0n) is 22.6. The fraction of sp³-hybridized carbons (Fsp3) is 0.469. The van der Waals surface area contributed by atoms with Gasteiger partial charge in [0.25, 0.3) is 0 Å². The first-order valence-electron chi connectivity index (χ1n) is 13.8. The maximum Gasteiger partial charge on any atom is 0.328 e. The van der Waals surface area contributed by atoms with Crippen molar-refractivity contribution in [3.63, 3.8) is 0 Å². The average molecular weight is 501 g/mol. The van der Waals surface area contributed by atoms with Gasteiger partial charge in [-0.2, -0.15) is 0 Å². The number of hydrogen-bond donors (Lipinski definition) is 2. The molecule has 5 nitrogen and oxygen atoms in total. The number of aromatic nitrogens is 1. The van der Waals surface area contributed by atoms with E-state index < -0.39 is 12.0 Å². The maximum absolute atomic E-state index is 13.4. The van der Waals surface area contributed by atoms with Crippen LogP contribution in [-0.2, 0) is 17.6 Å². The van der Waals surface area contributed by atoms with Crippen LogP contribution in [0.15, 0.2) is 54.2 Å². The van der Waals surface area contributed by atoms with Crippen LogP contribution in [0.5, 0.6) is 11.5 Å². The molecule has 3 atom stereocenters. The van der Waals surface area contributed by atoms with Gasteiger partial charge in [-0.25, -0.2) is 4.79 Å². The van der Waals surface area contributed by atoms with Crippen LogP contribution >= 0.6 is 0 Å². The highest BCUT2D eigenvalue weighted by Crippen LogP contribution is 2.53. The minimum Gasteiger partial charge on any atom is -0.487 e. The minimum atomic E-state index is -0.765. The second-order valence-corrected chi connectivity index (χ2v) is 11.4. The van der Waals surface area contributed by atoms with Gasteiger partial charge in [0.05, 0.1) is 0 Å². The molecule has 0 radical (unpaired) electrons. The monoisotopic (exact) mass is 500 g/mol. The summed E-state index contributed by atoms with van der Waals surface area (Å²) in [5.74, 6) is 1.53. The summed E-state index contributed by atoms with van der Waals surface area (Å²) in [5, 5.41) is 1.09. The number of nitrogens with two attached hydrogens (primary N) is 1. The van der Waals surface area contributed by atoms with Gasteiger partial charge in [0.2, 0.25) is 0 Å². The third kappa shape index (κ3) is 5.19. The Morgan fingerprint density at radius 1 is 1.24 bits per heavy atom. The largest absolute Gasteiger partial charge is 0.487 e. The molecule has 3 aromatic rings. The number of unbranched alkanes of at least 4 members (excludes halogenated alkanes) is 2. The first kappa shape index (κ1) is 25.6. The molecule has 37 heavy (non-hydrogen) atoms. The molecule has 5 heteroatoms. The molecule has 0 amide bonds. The Morgan fingerprint density at radius 3 is 2.86 bits per heavy atom. The number of allylic oxidation sites excluding steroid dienone is 2. The number of esters is 1. The number of nitrogens with one attached hydrogen (secondary N) is 1. The molecule has 5 rings (SSSR count). The van der Waals surface area contributed by atoms with Gasteiger partial charge in [-0.15, -0.1) is 0 Å². The predicted molar refractivity (Wildman–Crippen MR) is 149 cm³/mol. The van der Waals surface area contributed by atoms with E-state index in [0.717, 1.165) is 65.4 Å². The van der Waals surface area contributed by atoms with E-state index in [1.807, 2.05) is 30.5 Å². The molecule has 2 aliphatic rings. The average Bonchev–Trinajstić information content (AvgIpc) is 3.26. The lowest BCUT2D eigenvalue weighted by molar-refractivity contribution is -0.135. The van der Waals surface area contributed by atoms with Gasteiger partial charge in [0, 0.05) is 40.9 Å². The molecule has 0 fully saturated rings. The summed E-state index contributed by atoms with van der Waals surface area (Å²) in [6, 6.07) is 11.5. The Labute approximate surface area is 220 Å². The van der Waals surface area contributed by atoms with Crippen molar-refractivity contribution in [2.45, 2.75) is 90.2 Å². The molecule has 1 aliphatic carbocycles. The highest BCUT2D eigenvalue weighted by atomic mass is 16.5. The zero-order valence-corrected chi connectivity index (χ0v) is 22.6. The van der Waals surface area contributed by atoms with Crippen molar-refractivity contribution in [2.75, 3.05) is 0 Å². The van der Waals surface area contributed by atoms with Gasteiger partial charge in [0.1, 0.15) is 23.1 Å². The first-order valence-corrected chi connectivity index (χ1v) is 13.8. The van der Waals surface area contributed by atoms with Crippen molar-refractivity contribution < 1.29 is 14.3 Å². The van der Waals surface area contributed by atoms with E-state index in [4.69, 9.17) is 15.2 Å². The summed E-state index contributed by atoms with van der Waals surface area (Å²) in [6.07, 6.45) is 11.2. The van der Waals surface area contributed by atoms with E-state index in [0.29, 0.717) is 18.1 Å². The van der Waals surface area contributed by atoms with Gasteiger partial charge >= 0.3 is 5.97 Å². The lowest BCUT2D eigenvalue weighted by Crippen LogP contribution is -2.45. The van der Waals surface area contributed by atoms with E-state index in [1.54, 1.807) is 0 Å². The summed E-state index contributed by atoms with van der Waals surface area (Å²) in [7, 11) is 0. The number of fused-ring (bicyclic) bond motifs is 4. The molecule has 0 saturated carbocycles. The number of para-hydroxylation sites is 1. The third-order valence-corrected chi connectivity index (χ3v) is 8.21. The van der Waals surface area contributed by atoms with Crippen LogP contribution in [0.2, 0.25) is 0 Å². The molecular weight excluding hydrogens is 460 g/mol. The predicted octanol–water partition coefficient (Wildman–Crippen LogP) is 6.99. The van der Waals surface area contributed by atoms with Crippen molar-refractivity contribution in [1.29, 1.82) is 0 Å². The highest BCUT2D eigenvalue weighted by Gasteiger charge is 2.45. The van der Waals surface area contributed by atoms with Crippen molar-refractivity contribution in [3.8, 4) is 11.5 Å². The van der Waals surface area contributed by atoms with Gasteiger partial charge in [-0.1, -0.05) is 49.6 Å². The van der Waals surface area contributed by atoms with Gasteiger partial charge in [0.15, 0.2) is 0 Å². The molecule has 2 unspecified atom stereocenters. The number of carbonyl (C=O) groups is 1. The number of hydrogen-bond acceptors (Lipinski definition) is 4. The fourth-order valence-electron chi connectivity index (χ4n) is 6.17. The van der Waals surface area contributed by atoms with E-state index in [2.05, 4.69) is 50.9 Å². The van der Waals surface area contributed by atoms with Crippen LogP contribution in [0.4, 0.5) is 0 Å². The van der Waals surface area contributed by atoms with Crippen LogP contribution in [0.25, 0.3) is 10.9 Å². The van der Waals surface area contributed by atoms with Crippen LogP contribution in [0.3, 0.4) is 0 Å². The first-order chi connectivity index (χ1) is 17.8. The molecule has 0 saturated heterocycles. The number of rotatable bonds is 8. The Hall–Kier alpha value is -3.05. The number of aromatic amines is 1. The molecule has 0 spiro atoms. The van der Waals surface area contributed by atoms with E-state index in [-0.39, 0.29) is 11.5 Å². The number of H-pyrrole nitrogens is 1. The summed E-state index contributed by atoms with van der Waals surface area (Å²) < 4.78 is 12.8. The molecule has 2 aromatic carbocycles. The lowest BCUT2D eigenvalue weighted by Gasteiger charge is -2.46. The summed E-state index contributed by atoms with van der Waals surface area (Å²) >= 11 is 0. The van der Waals surface area contributed by atoms with Crippen molar-refractivity contribution >= 4 is 16.9 Å². The summed E-state index contributed by atoms with van der Waals surface area (Å²) in [6.45, 7) is 8.78. The molecule has 3 N–H and O–H groups in total. The second kappa shape index (κ2) is 10.4. The molecule has 0 bridgehead atoms. The van der Waals surface area contributed by atoms with Crippen molar-refractivity contribution in [2.24, 2.45) is 11.7 Å². The Morgan fingerprint density at radius 2 is 2.05 bits per heavy atom. The molecule has 2 heterocycles. The Kier molecular flexibility index (Phi) is 7.17. The normalized spacial score (nSPS) is 20.9. The molecule has 1 aromatic heterocycles. The van der Waals surface area contributed by atoms with E-state index in [1.165, 1.54) is 12.0 Å². The second-order valence-electron chi connectivity index (χ2n) is 11.4. The standard InChI is InChI=1S/C32H40N2O3/c1-5-6-7-10-21-16-28(30-24-15-20(2)13-14-25(24)32(3,4)37-29(30)17-21)36-31(35)26(33)18-22-19-34-27-12-9-8-11-23(22)27/h8-9,11-12,15-17,19,24-26,34H,5-7,10,13-14,18,33H2,1-4H3/t24?,25?,26-/m0/s1. The lowest BCUT2D eigenvalue weighted by atomic mass is 9.68. The Bertz CT molecular complexity index is 1320. The van der Waals surface area contributed by atoms with Crippen LogP contribution in [-0.4, -0.2) is 22.6 Å². The third-order valence-electron chi connectivity index (χ3n) is 8.21. The van der Waals surface area contributed by atoms with Crippen molar-refractivity contribution in [1.82, 2.24) is 4.98 Å². The summed E-state index contributed by atoms with van der Waals surface area (Å²) in [4.78, 5) is 16.6. The number of benzene rings is 2. The Balaban J connectivity index is 1.47. The minimum absolute atomic E-state index is 0.157. The molecule has 1 aliphatic heterocycles. The molecule has 196 valence electrons. The van der Waals surface area contributed by atoms with Crippen LogP contribution in [0, 0.1) is 5.92 Å². The van der Waals surface area contributed by atoms with Gasteiger partial charge in [-0.3, -0.25) is 0 Å². The number of aryl methyl sites for hydroxylation is 1. The van der Waals surface area contributed by atoms with Gasteiger partial charge < -0.3 is 20.2 Å². The van der Waals surface area contributed by atoms with Crippen molar-refractivity contribution in [3.05, 3.63) is 70.9 Å². The van der Waals surface area contributed by atoms with Gasteiger partial charge in [-0.05, 0) is 75.8 Å². The number of carbonyl (C=O) groups excluding carboxylic acids is 1. The van der Waals surface area contributed by atoms with E-state index in [9.17, 15) is 4.79 Å². The molecular formula is C32H40N2O3. The van der Waals surface area contributed by atoms with E-state index >= 15 is 0 Å². The number of ether oxygens (including phenoxy) is 2. The van der Waals surface area contributed by atoms with Crippen LogP contribution < -0.4 is 15.2 Å². The topological polar surface area (TPSA) is 77.3 Å². The quantitative estimate of drug-likeness (QED) is 0.151. The SMILES string of the molecule is CCCCCc1cc(OC(=O)[C@@H](N)Cc2c[nH]c3ccccc23)c2c(c1)OC(C)(C)C1CCC(C)=CC21. The highest BCUT2D eigenvalue weighted by molar-refractivity contribution is 5.85. The maximum atomic E-state index is 13.4.